The minimum atomic E-state index is 0.490. The molecule has 0 aromatic rings. The zero-order valence-electron chi connectivity index (χ0n) is 29.5. The summed E-state index contributed by atoms with van der Waals surface area (Å²) in [7, 11) is 0. The fourth-order valence-electron chi connectivity index (χ4n) is 5.35. The van der Waals surface area contributed by atoms with Gasteiger partial charge in [-0.25, -0.2) is 0 Å². The van der Waals surface area contributed by atoms with E-state index < -0.39 is 0 Å². The van der Waals surface area contributed by atoms with Crippen LogP contribution in [0.5, 0.6) is 0 Å². The van der Waals surface area contributed by atoms with Crippen LogP contribution in [0.1, 0.15) is 39.5 Å². The summed E-state index contributed by atoms with van der Waals surface area (Å²) in [4.78, 5) is 10.00. The first-order chi connectivity index (χ1) is 24.3. The van der Waals surface area contributed by atoms with Crippen molar-refractivity contribution in [1.82, 2.24) is 62.6 Å². The standard InChI is InChI=1S/C30H56N16S4/c1-25-23-35-39-27(47)31-7-3-11-43-15-17-44(18-16-43)12-4-8-32-28(48)40-36-24-26(2)38-42-30(50)34-10-6-14-46-21-19-45(20-22-46)13-5-9-33-29(49)41-37-25/h23-24H,3-22H2,1-2H3,(H2,31,39,47)(H2,32,40,48)(H2,33,41,49)(H2,34,42,50)/b35-23-,36-24-,37-25+,38-26+. The molecule has 6 aliphatic rings. The Hall–Kier alpha value is -2.72. The molecule has 50 heavy (non-hydrogen) atoms. The molecule has 8 N–H and O–H groups in total. The van der Waals surface area contributed by atoms with Crippen LogP contribution in [0.2, 0.25) is 0 Å². The number of rotatable bonds is 0. The number of piperazine rings is 2. The van der Waals surface area contributed by atoms with Gasteiger partial charge in [0.2, 0.25) is 0 Å². The Balaban J connectivity index is 1.40. The van der Waals surface area contributed by atoms with E-state index >= 15 is 0 Å². The topological polar surface area (TPSA) is 159 Å². The lowest BCUT2D eigenvalue weighted by Gasteiger charge is -2.34. The van der Waals surface area contributed by atoms with Crippen molar-refractivity contribution in [1.29, 1.82) is 0 Å². The highest BCUT2D eigenvalue weighted by molar-refractivity contribution is 7.80. The van der Waals surface area contributed by atoms with Crippen molar-refractivity contribution in [2.45, 2.75) is 39.5 Å². The van der Waals surface area contributed by atoms with Crippen LogP contribution in [0.4, 0.5) is 0 Å². The SMILES string of the molecule is CC1=N\NC(=S)NCCCN2CCN(CCCNC(=S)N/N=C(C)/C=N\NC(=S)NCCCN3CCN(CCCNC(=S)N/N=C\1)CC3)CC2. The smallest absolute Gasteiger partial charge is 0.186 e. The van der Waals surface area contributed by atoms with Gasteiger partial charge in [-0.3, -0.25) is 21.7 Å². The van der Waals surface area contributed by atoms with Crippen LogP contribution in [-0.2, 0) is 0 Å². The third kappa shape index (κ3) is 19.6. The summed E-state index contributed by atoms with van der Waals surface area (Å²) in [5.74, 6) is 0. The van der Waals surface area contributed by atoms with Gasteiger partial charge >= 0.3 is 0 Å². The molecule has 2 saturated heterocycles. The molecule has 0 amide bonds. The molecule has 0 radical (unpaired) electrons. The van der Waals surface area contributed by atoms with Crippen LogP contribution in [0.25, 0.3) is 0 Å². The Morgan fingerprint density at radius 1 is 0.420 bits per heavy atom. The van der Waals surface area contributed by atoms with E-state index in [1.807, 2.05) is 13.8 Å². The van der Waals surface area contributed by atoms with E-state index in [1.54, 1.807) is 12.4 Å². The largest absolute Gasteiger partial charge is 0.361 e. The van der Waals surface area contributed by atoms with Crippen molar-refractivity contribution in [3.63, 3.8) is 0 Å². The Kier molecular flexibility index (Phi) is 21.1. The maximum atomic E-state index is 5.37. The van der Waals surface area contributed by atoms with E-state index in [-0.39, 0.29) is 0 Å². The van der Waals surface area contributed by atoms with Gasteiger partial charge < -0.3 is 40.9 Å². The molecule has 0 atom stereocenters. The number of hydrazone groups is 4. The molecule has 6 rings (SSSR count). The van der Waals surface area contributed by atoms with E-state index in [0.29, 0.717) is 31.9 Å². The van der Waals surface area contributed by atoms with Crippen LogP contribution in [0.15, 0.2) is 20.4 Å². The van der Waals surface area contributed by atoms with Crippen LogP contribution < -0.4 is 43.0 Å². The average molecular weight is 769 g/mol. The molecule has 0 aromatic heterocycles. The van der Waals surface area contributed by atoms with Crippen molar-refractivity contribution in [3.05, 3.63) is 0 Å². The third-order valence-corrected chi connectivity index (χ3v) is 9.12. The third-order valence-electron chi connectivity index (χ3n) is 8.18. The van der Waals surface area contributed by atoms with Crippen LogP contribution in [0.3, 0.4) is 0 Å². The highest BCUT2D eigenvalue weighted by atomic mass is 32.1. The molecule has 16 nitrogen and oxygen atoms in total. The van der Waals surface area contributed by atoms with Gasteiger partial charge in [0.05, 0.1) is 23.9 Å². The fourth-order valence-corrected chi connectivity index (χ4v) is 5.96. The lowest BCUT2D eigenvalue weighted by molar-refractivity contribution is 0.131. The summed E-state index contributed by atoms with van der Waals surface area (Å²) in [5, 5.41) is 31.7. The second kappa shape index (κ2) is 25.3. The molecule has 0 aliphatic carbocycles. The van der Waals surface area contributed by atoms with Crippen molar-refractivity contribution in [2.75, 3.05) is 105 Å². The molecule has 280 valence electrons. The molecule has 0 saturated carbocycles. The summed E-state index contributed by atoms with van der Waals surface area (Å²) in [6.07, 6.45) is 7.22. The predicted octanol–water partition coefficient (Wildman–Crippen LogP) is -0.625. The lowest BCUT2D eigenvalue weighted by Crippen LogP contribution is -2.47. The first kappa shape index (κ1) is 41.7. The van der Waals surface area contributed by atoms with E-state index in [0.717, 1.165) is 130 Å². The van der Waals surface area contributed by atoms with Crippen LogP contribution in [-0.4, -0.2) is 169 Å². The minimum Gasteiger partial charge on any atom is -0.361 e. The Morgan fingerprint density at radius 3 is 0.960 bits per heavy atom. The quantitative estimate of drug-likeness (QED) is 0.147. The van der Waals surface area contributed by atoms with Crippen molar-refractivity contribution >= 4 is 93.2 Å². The Bertz CT molecular complexity index is 1090. The summed E-state index contributed by atoms with van der Waals surface area (Å²) in [6, 6.07) is 0. The molecule has 20 heteroatoms. The molecular weight excluding hydrogens is 713 g/mol. The van der Waals surface area contributed by atoms with Crippen molar-refractivity contribution in [2.24, 2.45) is 20.4 Å². The molecule has 4 bridgehead atoms. The number of nitrogens with zero attached hydrogens (tertiary/aromatic N) is 8. The highest BCUT2D eigenvalue weighted by Crippen LogP contribution is 2.04. The Morgan fingerprint density at radius 2 is 0.680 bits per heavy atom. The molecular formula is C30H56N16S4. The summed E-state index contributed by atoms with van der Waals surface area (Å²) >= 11 is 21.4. The zero-order valence-corrected chi connectivity index (χ0v) is 32.8. The summed E-state index contributed by atoms with van der Waals surface area (Å²) in [6.45, 7) is 19.4. The van der Waals surface area contributed by atoms with Crippen LogP contribution >= 0.6 is 48.9 Å². The predicted molar refractivity (Wildman–Crippen MR) is 222 cm³/mol. The minimum absolute atomic E-state index is 0.490. The van der Waals surface area contributed by atoms with Gasteiger partial charge in [0.15, 0.2) is 20.4 Å². The number of thiocarbonyl (C=S) groups is 4. The van der Waals surface area contributed by atoms with Gasteiger partial charge in [-0.2, -0.15) is 20.4 Å². The van der Waals surface area contributed by atoms with Crippen molar-refractivity contribution in [3.8, 4) is 0 Å². The first-order valence-corrected chi connectivity index (χ1v) is 19.1. The normalized spacial score (nSPS) is 30.7. The first-order valence-electron chi connectivity index (χ1n) is 17.5. The average Bonchev–Trinajstić information content (AvgIpc) is 3.11. The molecule has 2 fully saturated rings. The molecule has 0 aromatic carbocycles. The monoisotopic (exact) mass is 768 g/mol. The van der Waals surface area contributed by atoms with E-state index in [9.17, 15) is 0 Å². The van der Waals surface area contributed by atoms with Crippen molar-refractivity contribution < 1.29 is 0 Å². The number of nitrogens with one attached hydrogen (secondary N) is 8. The van der Waals surface area contributed by atoms with Gasteiger partial charge in [0, 0.05) is 78.5 Å². The molecule has 6 heterocycles. The second-order valence-corrected chi connectivity index (χ2v) is 13.9. The van der Waals surface area contributed by atoms with E-state index in [1.165, 1.54) is 0 Å². The summed E-state index contributed by atoms with van der Waals surface area (Å²) in [5.41, 5.74) is 12.8. The molecule has 0 unspecified atom stereocenters. The summed E-state index contributed by atoms with van der Waals surface area (Å²) < 4.78 is 0. The van der Waals surface area contributed by atoms with Gasteiger partial charge in [0.1, 0.15) is 0 Å². The Labute approximate surface area is 319 Å². The molecule has 6 aliphatic heterocycles. The van der Waals surface area contributed by atoms with Gasteiger partial charge in [-0.05, 0) is 115 Å². The van der Waals surface area contributed by atoms with Gasteiger partial charge in [0.25, 0.3) is 0 Å². The maximum Gasteiger partial charge on any atom is 0.186 e. The van der Waals surface area contributed by atoms with E-state index in [2.05, 4.69) is 83.0 Å². The maximum absolute atomic E-state index is 5.37. The highest BCUT2D eigenvalue weighted by Gasteiger charge is 2.17. The van der Waals surface area contributed by atoms with E-state index in [4.69, 9.17) is 48.9 Å². The lowest BCUT2D eigenvalue weighted by atomic mass is 10.2. The number of hydrogen-bond donors (Lipinski definition) is 8. The van der Waals surface area contributed by atoms with Gasteiger partial charge in [-0.1, -0.05) is 0 Å². The second-order valence-electron chi connectivity index (χ2n) is 12.3. The number of hydrogen-bond acceptors (Lipinski definition) is 12. The van der Waals surface area contributed by atoms with Crippen LogP contribution in [0, 0.1) is 0 Å². The fraction of sp³-hybridized carbons (Fsp3) is 0.733. The molecule has 0 spiro atoms. The zero-order chi connectivity index (χ0) is 35.8. The van der Waals surface area contributed by atoms with Gasteiger partial charge in [-0.15, -0.1) is 0 Å².